The Morgan fingerprint density at radius 1 is 1.05 bits per heavy atom. The highest BCUT2D eigenvalue weighted by atomic mass is 16.3. The van der Waals surface area contributed by atoms with E-state index in [-0.39, 0.29) is 0 Å². The number of aliphatic hydroxyl groups is 1. The zero-order valence-corrected chi connectivity index (χ0v) is 10.8. The van der Waals surface area contributed by atoms with Crippen molar-refractivity contribution in [3.63, 3.8) is 0 Å². The molecule has 2 aromatic rings. The fourth-order valence-electron chi connectivity index (χ4n) is 2.65. The van der Waals surface area contributed by atoms with Gasteiger partial charge in [-0.15, -0.1) is 0 Å². The first-order valence-electron chi connectivity index (χ1n) is 6.55. The Morgan fingerprint density at radius 3 is 2.37 bits per heavy atom. The van der Waals surface area contributed by atoms with Crippen molar-refractivity contribution in [2.75, 3.05) is 12.3 Å². The van der Waals surface area contributed by atoms with Crippen LogP contribution in [0.3, 0.4) is 0 Å². The van der Waals surface area contributed by atoms with Crippen LogP contribution in [-0.2, 0) is 13.1 Å². The Labute approximate surface area is 113 Å². The number of β-amino-alcohol motifs (C(OH)–C–C–N with tert-alkyl or cyclic N) is 1. The summed E-state index contributed by atoms with van der Waals surface area (Å²) < 4.78 is 0. The lowest BCUT2D eigenvalue weighted by Gasteiger charge is -2.19. The Morgan fingerprint density at radius 2 is 1.74 bits per heavy atom. The molecule has 0 saturated heterocycles. The second-order valence-electron chi connectivity index (χ2n) is 5.12. The summed E-state index contributed by atoms with van der Waals surface area (Å²) in [5.41, 5.74) is 10.1. The predicted molar refractivity (Wildman–Crippen MR) is 76.4 cm³/mol. The van der Waals surface area contributed by atoms with E-state index >= 15 is 0 Å². The highest BCUT2D eigenvalue weighted by Gasteiger charge is 2.21. The van der Waals surface area contributed by atoms with E-state index in [1.165, 1.54) is 11.1 Å². The summed E-state index contributed by atoms with van der Waals surface area (Å²) >= 11 is 0. The first kappa shape index (κ1) is 12.2. The first-order chi connectivity index (χ1) is 9.22. The van der Waals surface area contributed by atoms with Gasteiger partial charge in [0.05, 0.1) is 6.10 Å². The average Bonchev–Trinajstić information content (AvgIpc) is 2.80. The van der Waals surface area contributed by atoms with Crippen LogP contribution in [0.5, 0.6) is 0 Å². The molecule has 3 rings (SSSR count). The molecular weight excluding hydrogens is 236 g/mol. The number of nitrogens with two attached hydrogens (primary N) is 1. The summed E-state index contributed by atoms with van der Waals surface area (Å²) in [7, 11) is 0. The molecule has 0 aromatic heterocycles. The minimum absolute atomic E-state index is 0.488. The van der Waals surface area contributed by atoms with Gasteiger partial charge in [-0.25, -0.2) is 0 Å². The van der Waals surface area contributed by atoms with Crippen LogP contribution in [0.4, 0.5) is 5.69 Å². The van der Waals surface area contributed by atoms with Crippen LogP contribution in [0.25, 0.3) is 0 Å². The zero-order valence-electron chi connectivity index (χ0n) is 10.8. The molecule has 0 fully saturated rings. The van der Waals surface area contributed by atoms with Gasteiger partial charge in [0.15, 0.2) is 0 Å². The molecule has 1 aliphatic heterocycles. The smallest absolute Gasteiger partial charge is 0.0917 e. The Bertz CT molecular complexity index is 557. The fourth-order valence-corrected chi connectivity index (χ4v) is 2.65. The molecule has 1 atom stereocenters. The van der Waals surface area contributed by atoms with Gasteiger partial charge in [-0.1, -0.05) is 36.4 Å². The van der Waals surface area contributed by atoms with E-state index in [1.54, 1.807) is 0 Å². The van der Waals surface area contributed by atoms with Crippen LogP contribution < -0.4 is 5.73 Å². The third-order valence-electron chi connectivity index (χ3n) is 3.63. The third kappa shape index (κ3) is 2.62. The lowest BCUT2D eigenvalue weighted by Crippen LogP contribution is -2.23. The maximum Gasteiger partial charge on any atom is 0.0917 e. The summed E-state index contributed by atoms with van der Waals surface area (Å²) in [5.74, 6) is 0. The molecule has 3 N–H and O–H groups in total. The number of anilines is 1. The number of benzene rings is 2. The molecule has 98 valence electrons. The molecule has 1 heterocycles. The molecule has 0 radical (unpaired) electrons. The van der Waals surface area contributed by atoms with Gasteiger partial charge in [0.2, 0.25) is 0 Å². The van der Waals surface area contributed by atoms with Crippen molar-refractivity contribution in [1.82, 2.24) is 4.90 Å². The quantitative estimate of drug-likeness (QED) is 0.826. The molecule has 0 amide bonds. The van der Waals surface area contributed by atoms with Crippen LogP contribution >= 0.6 is 0 Å². The Kier molecular flexibility index (Phi) is 3.23. The fraction of sp³-hybridized carbons (Fsp3) is 0.250. The minimum atomic E-state index is -0.488. The Balaban J connectivity index is 1.67. The van der Waals surface area contributed by atoms with Gasteiger partial charge >= 0.3 is 0 Å². The monoisotopic (exact) mass is 254 g/mol. The summed E-state index contributed by atoms with van der Waals surface area (Å²) in [5, 5.41) is 10.3. The number of aliphatic hydroxyl groups excluding tert-OH is 1. The lowest BCUT2D eigenvalue weighted by atomic mass is 10.1. The Hall–Kier alpha value is -1.84. The van der Waals surface area contributed by atoms with Gasteiger partial charge in [-0.3, -0.25) is 4.90 Å². The normalized spacial score (nSPS) is 16.3. The summed E-state index contributed by atoms with van der Waals surface area (Å²) in [6, 6.07) is 15.9. The van der Waals surface area contributed by atoms with Crippen molar-refractivity contribution in [3.05, 3.63) is 65.2 Å². The molecule has 0 aliphatic carbocycles. The van der Waals surface area contributed by atoms with Gasteiger partial charge in [-0.2, -0.15) is 0 Å². The highest BCUT2D eigenvalue weighted by Crippen LogP contribution is 2.25. The molecule has 0 saturated carbocycles. The molecule has 2 aromatic carbocycles. The van der Waals surface area contributed by atoms with Crippen molar-refractivity contribution in [3.8, 4) is 0 Å². The number of hydrogen-bond acceptors (Lipinski definition) is 3. The van der Waals surface area contributed by atoms with E-state index in [9.17, 15) is 5.11 Å². The van der Waals surface area contributed by atoms with E-state index in [0.29, 0.717) is 12.2 Å². The molecule has 3 nitrogen and oxygen atoms in total. The maximum absolute atomic E-state index is 10.3. The van der Waals surface area contributed by atoms with E-state index in [0.717, 1.165) is 18.7 Å². The second kappa shape index (κ2) is 5.03. The summed E-state index contributed by atoms with van der Waals surface area (Å²) in [6.07, 6.45) is -0.488. The van der Waals surface area contributed by atoms with E-state index in [2.05, 4.69) is 29.2 Å². The first-order valence-corrected chi connectivity index (χ1v) is 6.55. The topological polar surface area (TPSA) is 49.5 Å². The number of rotatable bonds is 3. The molecule has 19 heavy (non-hydrogen) atoms. The maximum atomic E-state index is 10.3. The van der Waals surface area contributed by atoms with Gasteiger partial charge in [0, 0.05) is 25.3 Å². The standard InChI is InChI=1S/C16H18N2O/c17-15-7-3-6-12(8-15)16(19)11-18-9-13-4-1-2-5-14(13)10-18/h1-8,16,19H,9-11,17H2. The van der Waals surface area contributed by atoms with Crippen molar-refractivity contribution >= 4 is 5.69 Å². The summed E-state index contributed by atoms with van der Waals surface area (Å²) in [6.45, 7) is 2.46. The van der Waals surface area contributed by atoms with E-state index in [1.807, 2.05) is 24.3 Å². The van der Waals surface area contributed by atoms with E-state index < -0.39 is 6.10 Å². The number of fused-ring (bicyclic) bond motifs is 1. The number of nitrogens with zero attached hydrogens (tertiary/aromatic N) is 1. The molecule has 0 bridgehead atoms. The number of hydrogen-bond donors (Lipinski definition) is 2. The largest absolute Gasteiger partial charge is 0.399 e. The van der Waals surface area contributed by atoms with Crippen LogP contribution in [0, 0.1) is 0 Å². The number of nitrogen functional groups attached to an aromatic ring is 1. The van der Waals surface area contributed by atoms with Crippen LogP contribution in [0.2, 0.25) is 0 Å². The SMILES string of the molecule is Nc1cccc(C(O)CN2Cc3ccccc3C2)c1. The molecular formula is C16H18N2O. The predicted octanol–water partition coefficient (Wildman–Crippen LogP) is 2.32. The average molecular weight is 254 g/mol. The lowest BCUT2D eigenvalue weighted by molar-refractivity contribution is 0.112. The molecule has 3 heteroatoms. The molecule has 0 spiro atoms. The van der Waals surface area contributed by atoms with Gasteiger partial charge < -0.3 is 10.8 Å². The third-order valence-corrected chi connectivity index (χ3v) is 3.63. The van der Waals surface area contributed by atoms with Crippen molar-refractivity contribution in [2.45, 2.75) is 19.2 Å². The van der Waals surface area contributed by atoms with Crippen LogP contribution in [0.1, 0.15) is 22.8 Å². The minimum Gasteiger partial charge on any atom is -0.399 e. The van der Waals surface area contributed by atoms with Gasteiger partial charge in [-0.05, 0) is 28.8 Å². The second-order valence-corrected chi connectivity index (χ2v) is 5.12. The van der Waals surface area contributed by atoms with Crippen LogP contribution in [-0.4, -0.2) is 16.6 Å². The molecule has 1 aliphatic rings. The van der Waals surface area contributed by atoms with Gasteiger partial charge in [0.1, 0.15) is 0 Å². The van der Waals surface area contributed by atoms with E-state index in [4.69, 9.17) is 5.73 Å². The van der Waals surface area contributed by atoms with Crippen molar-refractivity contribution < 1.29 is 5.11 Å². The highest BCUT2D eigenvalue weighted by molar-refractivity contribution is 5.41. The van der Waals surface area contributed by atoms with Crippen molar-refractivity contribution in [1.29, 1.82) is 0 Å². The zero-order chi connectivity index (χ0) is 13.2. The van der Waals surface area contributed by atoms with Crippen molar-refractivity contribution in [2.24, 2.45) is 0 Å². The summed E-state index contributed by atoms with van der Waals surface area (Å²) in [4.78, 5) is 2.26. The van der Waals surface area contributed by atoms with Gasteiger partial charge in [0.25, 0.3) is 0 Å². The molecule has 1 unspecified atom stereocenters. The van der Waals surface area contributed by atoms with Crippen LogP contribution in [0.15, 0.2) is 48.5 Å².